The normalized spacial score (nSPS) is 11.7. The van der Waals surface area contributed by atoms with Crippen molar-refractivity contribution in [1.29, 1.82) is 0 Å². The second-order valence-electron chi connectivity index (χ2n) is 7.20. The lowest BCUT2D eigenvalue weighted by Crippen LogP contribution is -2.40. The van der Waals surface area contributed by atoms with Crippen LogP contribution in [0.5, 0.6) is 0 Å². The van der Waals surface area contributed by atoms with Gasteiger partial charge in [0.1, 0.15) is 17.1 Å². The van der Waals surface area contributed by atoms with Crippen molar-refractivity contribution in [3.05, 3.63) is 91.7 Å². The number of hydrogen-bond acceptors (Lipinski definition) is 4. The summed E-state index contributed by atoms with van der Waals surface area (Å²) in [6, 6.07) is 9.43. The van der Waals surface area contributed by atoms with Crippen LogP contribution in [-0.2, 0) is 17.5 Å². The van der Waals surface area contributed by atoms with Crippen molar-refractivity contribution >= 4 is 33.1 Å². The molecule has 0 aliphatic heterocycles. The number of thiophene rings is 1. The Hall–Kier alpha value is -3.73. The predicted octanol–water partition coefficient (Wildman–Crippen LogP) is 4.32. The number of halogens is 4. The zero-order valence-electron chi connectivity index (χ0n) is 16.9. The average molecular weight is 477 g/mol. The van der Waals surface area contributed by atoms with Crippen LogP contribution in [0.15, 0.2) is 63.5 Å². The Morgan fingerprint density at radius 1 is 1.09 bits per heavy atom. The molecule has 170 valence electrons. The van der Waals surface area contributed by atoms with Crippen LogP contribution in [0.4, 0.5) is 23.2 Å². The number of aromatic nitrogens is 2. The van der Waals surface area contributed by atoms with E-state index in [0.29, 0.717) is 5.56 Å². The summed E-state index contributed by atoms with van der Waals surface area (Å²) < 4.78 is 54.8. The van der Waals surface area contributed by atoms with Gasteiger partial charge in [-0.2, -0.15) is 13.2 Å². The van der Waals surface area contributed by atoms with Crippen molar-refractivity contribution in [3.8, 4) is 5.69 Å². The van der Waals surface area contributed by atoms with E-state index in [1.807, 2.05) is 0 Å². The lowest BCUT2D eigenvalue weighted by Gasteiger charge is -2.13. The van der Waals surface area contributed by atoms with E-state index < -0.39 is 41.3 Å². The molecule has 0 atom stereocenters. The van der Waals surface area contributed by atoms with E-state index in [2.05, 4.69) is 5.32 Å². The second kappa shape index (κ2) is 8.32. The largest absolute Gasteiger partial charge is 0.416 e. The van der Waals surface area contributed by atoms with Crippen LogP contribution in [0.1, 0.15) is 11.1 Å². The zero-order chi connectivity index (χ0) is 23.9. The molecule has 0 saturated heterocycles. The van der Waals surface area contributed by atoms with Crippen molar-refractivity contribution in [3.63, 3.8) is 0 Å². The average Bonchev–Trinajstić information content (AvgIpc) is 3.23. The smallest absolute Gasteiger partial charge is 0.325 e. The van der Waals surface area contributed by atoms with Crippen molar-refractivity contribution in [1.82, 2.24) is 9.13 Å². The fourth-order valence-corrected chi connectivity index (χ4v) is 4.13. The van der Waals surface area contributed by atoms with Gasteiger partial charge in [-0.3, -0.25) is 14.2 Å². The maximum atomic E-state index is 14.1. The molecule has 11 heteroatoms. The van der Waals surface area contributed by atoms with E-state index in [0.717, 1.165) is 44.7 Å². The number of nitrogens with one attached hydrogen (secondary N) is 1. The molecule has 6 nitrogen and oxygen atoms in total. The summed E-state index contributed by atoms with van der Waals surface area (Å²) in [5.41, 5.74) is -2.07. The number of carbonyl (C=O) groups is 1. The number of fused-ring (bicyclic) bond motifs is 1. The van der Waals surface area contributed by atoms with Gasteiger partial charge in [0.15, 0.2) is 0 Å². The van der Waals surface area contributed by atoms with Gasteiger partial charge in [0, 0.05) is 5.69 Å². The summed E-state index contributed by atoms with van der Waals surface area (Å²) >= 11 is 1.05. The molecule has 1 amide bonds. The molecule has 0 aliphatic carbocycles. The molecule has 0 aliphatic rings. The highest BCUT2D eigenvalue weighted by atomic mass is 32.1. The number of aryl methyl sites for hydroxylation is 1. The van der Waals surface area contributed by atoms with Gasteiger partial charge in [-0.25, -0.2) is 13.8 Å². The van der Waals surface area contributed by atoms with Crippen LogP contribution in [0.25, 0.3) is 15.9 Å². The van der Waals surface area contributed by atoms with E-state index in [9.17, 15) is 31.9 Å². The first-order valence-electron chi connectivity index (χ1n) is 9.53. The van der Waals surface area contributed by atoms with Gasteiger partial charge < -0.3 is 5.32 Å². The van der Waals surface area contributed by atoms with E-state index in [1.54, 1.807) is 5.38 Å². The van der Waals surface area contributed by atoms with Crippen molar-refractivity contribution < 1.29 is 22.4 Å². The topological polar surface area (TPSA) is 73.1 Å². The van der Waals surface area contributed by atoms with Crippen LogP contribution in [0.3, 0.4) is 0 Å². The maximum absolute atomic E-state index is 14.1. The summed E-state index contributed by atoms with van der Waals surface area (Å²) in [6.07, 6.45) is -4.58. The molecule has 0 radical (unpaired) electrons. The Labute approximate surface area is 187 Å². The molecule has 4 rings (SSSR count). The van der Waals surface area contributed by atoms with E-state index in [-0.39, 0.29) is 21.6 Å². The third kappa shape index (κ3) is 4.31. The molecule has 2 aromatic carbocycles. The highest BCUT2D eigenvalue weighted by Crippen LogP contribution is 2.30. The van der Waals surface area contributed by atoms with Gasteiger partial charge in [0.05, 0.1) is 16.8 Å². The molecule has 0 saturated carbocycles. The van der Waals surface area contributed by atoms with Crippen molar-refractivity contribution in [2.45, 2.75) is 19.6 Å². The van der Waals surface area contributed by atoms with Gasteiger partial charge in [-0.15, -0.1) is 11.3 Å². The fraction of sp³-hybridized carbons (Fsp3) is 0.136. The van der Waals surface area contributed by atoms with Crippen LogP contribution < -0.4 is 16.6 Å². The number of anilines is 1. The Morgan fingerprint density at radius 3 is 2.55 bits per heavy atom. The summed E-state index contributed by atoms with van der Waals surface area (Å²) in [4.78, 5) is 38.6. The molecule has 0 unspecified atom stereocenters. The minimum absolute atomic E-state index is 0.00423. The zero-order valence-corrected chi connectivity index (χ0v) is 17.8. The number of carbonyl (C=O) groups excluding carboxylic acids is 1. The number of alkyl halides is 3. The predicted molar refractivity (Wildman–Crippen MR) is 116 cm³/mol. The van der Waals surface area contributed by atoms with Crippen molar-refractivity contribution in [2.75, 3.05) is 5.32 Å². The van der Waals surface area contributed by atoms with Gasteiger partial charge in [0.25, 0.3) is 5.56 Å². The lowest BCUT2D eigenvalue weighted by molar-refractivity contribution is -0.137. The molecule has 0 spiro atoms. The number of amides is 1. The Balaban J connectivity index is 1.75. The second-order valence-corrected chi connectivity index (χ2v) is 8.12. The van der Waals surface area contributed by atoms with Crippen LogP contribution in [0.2, 0.25) is 0 Å². The number of benzene rings is 2. The van der Waals surface area contributed by atoms with E-state index in [4.69, 9.17) is 0 Å². The summed E-state index contributed by atoms with van der Waals surface area (Å²) in [5.74, 6) is -1.39. The molecular formula is C22H15F4N3O3S. The quantitative estimate of drug-likeness (QED) is 0.445. The Morgan fingerprint density at radius 2 is 1.85 bits per heavy atom. The monoisotopic (exact) mass is 477 g/mol. The molecular weight excluding hydrogens is 462 g/mol. The molecule has 4 aromatic rings. The van der Waals surface area contributed by atoms with E-state index in [1.165, 1.54) is 31.2 Å². The molecule has 33 heavy (non-hydrogen) atoms. The van der Waals surface area contributed by atoms with Crippen LogP contribution in [-0.4, -0.2) is 15.0 Å². The van der Waals surface area contributed by atoms with Crippen LogP contribution >= 0.6 is 11.3 Å². The fourth-order valence-electron chi connectivity index (χ4n) is 3.31. The SMILES string of the molecule is Cc1ccc(-n2c(=O)c3sccc3n(CC(=O)Nc3cccc(C(F)(F)F)c3)c2=O)cc1F. The molecule has 1 N–H and O–H groups in total. The van der Waals surface area contributed by atoms with Gasteiger partial charge in [0.2, 0.25) is 5.91 Å². The standard InChI is InChI=1S/C22H15F4N3O3S/c1-12-5-6-15(10-16(12)23)29-20(31)19-17(7-8-33-19)28(21(29)32)11-18(30)27-14-4-2-3-13(9-14)22(24,25)26/h2-10H,11H2,1H3,(H,27,30). The maximum Gasteiger partial charge on any atom is 0.416 e. The van der Waals surface area contributed by atoms with Gasteiger partial charge >= 0.3 is 11.9 Å². The van der Waals surface area contributed by atoms with Crippen LogP contribution in [0, 0.1) is 12.7 Å². The molecule has 0 bridgehead atoms. The third-order valence-electron chi connectivity index (χ3n) is 4.94. The lowest BCUT2D eigenvalue weighted by atomic mass is 10.2. The minimum atomic E-state index is -4.58. The summed E-state index contributed by atoms with van der Waals surface area (Å²) in [7, 11) is 0. The Kier molecular flexibility index (Phi) is 5.66. The number of nitrogens with zero attached hydrogens (tertiary/aromatic N) is 2. The summed E-state index contributed by atoms with van der Waals surface area (Å²) in [6.45, 7) is 0.956. The van der Waals surface area contributed by atoms with Crippen molar-refractivity contribution in [2.24, 2.45) is 0 Å². The number of rotatable bonds is 4. The summed E-state index contributed by atoms with van der Waals surface area (Å²) in [5, 5.41) is 3.90. The Bertz CT molecular complexity index is 1500. The van der Waals surface area contributed by atoms with Gasteiger partial charge in [-0.05, 0) is 54.3 Å². The highest BCUT2D eigenvalue weighted by Gasteiger charge is 2.30. The first-order valence-corrected chi connectivity index (χ1v) is 10.4. The number of hydrogen-bond donors (Lipinski definition) is 1. The molecule has 2 aromatic heterocycles. The molecule has 2 heterocycles. The molecule has 0 fully saturated rings. The first kappa shape index (κ1) is 22.5. The third-order valence-corrected chi connectivity index (χ3v) is 5.84. The minimum Gasteiger partial charge on any atom is -0.325 e. The highest BCUT2D eigenvalue weighted by molar-refractivity contribution is 7.17. The van der Waals surface area contributed by atoms with E-state index >= 15 is 0 Å². The first-order chi connectivity index (χ1) is 15.6. The van der Waals surface area contributed by atoms with Gasteiger partial charge in [-0.1, -0.05) is 12.1 Å².